The van der Waals surface area contributed by atoms with Crippen molar-refractivity contribution in [1.29, 1.82) is 0 Å². The fraction of sp³-hybridized carbons (Fsp3) is 0.250. The van der Waals surface area contributed by atoms with E-state index >= 15 is 0 Å². The molecule has 0 aliphatic rings. The second-order valence-corrected chi connectivity index (χ2v) is 3.59. The molecule has 1 aromatic carbocycles. The Kier molecular flexibility index (Phi) is 4.72. The summed E-state index contributed by atoms with van der Waals surface area (Å²) in [6.07, 6.45) is 0. The van der Waals surface area contributed by atoms with E-state index in [0.717, 1.165) is 16.5 Å². The first kappa shape index (κ1) is 14.2. The van der Waals surface area contributed by atoms with Gasteiger partial charge in [0.05, 0.1) is 0 Å². The van der Waals surface area contributed by atoms with E-state index in [-0.39, 0.29) is 38.3 Å². The van der Waals surface area contributed by atoms with Gasteiger partial charge in [-0.05, 0) is 5.69 Å². The molecular formula is C12H11N2O2Y-. The Hall–Kier alpha value is -0.866. The molecule has 0 N–H and O–H groups in total. The van der Waals surface area contributed by atoms with Gasteiger partial charge in [0.2, 0.25) is 0 Å². The zero-order valence-corrected chi connectivity index (χ0v) is 12.8. The van der Waals surface area contributed by atoms with Crippen LogP contribution in [0.25, 0.3) is 11.0 Å². The second-order valence-electron chi connectivity index (χ2n) is 3.59. The predicted molar refractivity (Wildman–Crippen MR) is 61.2 cm³/mol. The third-order valence-electron chi connectivity index (χ3n) is 2.37. The van der Waals surface area contributed by atoms with Gasteiger partial charge in [-0.25, -0.2) is 4.79 Å². The molecule has 2 aromatic rings. The maximum atomic E-state index is 11.2. The SMILES string of the molecule is CN=Nc1[c-]c2oc(=O)cc(C)c2cc1C.[Y]. The molecule has 0 amide bonds. The van der Waals surface area contributed by atoms with Gasteiger partial charge in [-0.2, -0.15) is 16.3 Å². The molecule has 0 saturated carbocycles. The number of aryl methyl sites for hydroxylation is 2. The Labute approximate surface area is 124 Å². The fourth-order valence-corrected chi connectivity index (χ4v) is 1.59. The number of benzene rings is 1. The summed E-state index contributed by atoms with van der Waals surface area (Å²) < 4.78 is 5.07. The number of hydrogen-bond acceptors (Lipinski definition) is 4. The summed E-state index contributed by atoms with van der Waals surface area (Å²) in [7, 11) is 1.59. The fourth-order valence-electron chi connectivity index (χ4n) is 1.59. The molecule has 0 unspecified atom stereocenters. The number of rotatable bonds is 1. The van der Waals surface area contributed by atoms with Crippen LogP contribution in [0.3, 0.4) is 0 Å². The molecule has 1 radical (unpaired) electrons. The topological polar surface area (TPSA) is 54.9 Å². The smallest absolute Gasteiger partial charge is 0.333 e. The molecule has 5 heteroatoms. The zero-order valence-electron chi connectivity index (χ0n) is 9.94. The third kappa shape index (κ3) is 2.87. The van der Waals surface area contributed by atoms with Crippen molar-refractivity contribution in [3.05, 3.63) is 39.7 Å². The minimum Gasteiger partial charge on any atom is -0.450 e. The van der Waals surface area contributed by atoms with Gasteiger partial charge in [-0.3, -0.25) is 0 Å². The van der Waals surface area contributed by atoms with Crippen LogP contribution in [0.4, 0.5) is 5.69 Å². The van der Waals surface area contributed by atoms with Crippen molar-refractivity contribution < 1.29 is 37.1 Å². The molecule has 1 heterocycles. The minimum absolute atomic E-state index is 0. The van der Waals surface area contributed by atoms with Gasteiger partial charge in [0.1, 0.15) is 0 Å². The Morgan fingerprint density at radius 3 is 2.59 bits per heavy atom. The monoisotopic (exact) mass is 304 g/mol. The summed E-state index contributed by atoms with van der Waals surface area (Å²) in [6.45, 7) is 3.79. The molecule has 0 fully saturated rings. The largest absolute Gasteiger partial charge is 0.450 e. The summed E-state index contributed by atoms with van der Waals surface area (Å²) in [4.78, 5) is 11.2. The molecule has 0 atom stereocenters. The van der Waals surface area contributed by atoms with E-state index in [0.29, 0.717) is 11.3 Å². The van der Waals surface area contributed by atoms with Gasteiger partial charge < -0.3 is 4.42 Å². The van der Waals surface area contributed by atoms with Crippen molar-refractivity contribution in [3.8, 4) is 0 Å². The number of nitrogens with zero attached hydrogens (tertiary/aromatic N) is 2. The average Bonchev–Trinajstić information content (AvgIpc) is 2.21. The number of hydrogen-bond donors (Lipinski definition) is 0. The van der Waals surface area contributed by atoms with Crippen LogP contribution >= 0.6 is 0 Å². The number of azo groups is 1. The molecule has 85 valence electrons. The molecule has 1 aromatic heterocycles. The van der Waals surface area contributed by atoms with E-state index in [4.69, 9.17) is 4.42 Å². The molecule has 2 rings (SSSR count). The minimum atomic E-state index is -0.371. The van der Waals surface area contributed by atoms with Crippen LogP contribution in [-0.4, -0.2) is 7.05 Å². The van der Waals surface area contributed by atoms with E-state index in [1.165, 1.54) is 6.07 Å². The van der Waals surface area contributed by atoms with Crippen LogP contribution in [0, 0.1) is 19.9 Å². The van der Waals surface area contributed by atoms with Gasteiger partial charge >= 0.3 is 5.63 Å². The Bertz CT molecular complexity index is 632. The van der Waals surface area contributed by atoms with Gasteiger partial charge in [0.15, 0.2) is 0 Å². The van der Waals surface area contributed by atoms with Gasteiger partial charge in [0, 0.05) is 51.4 Å². The first-order valence-electron chi connectivity index (χ1n) is 4.89. The van der Waals surface area contributed by atoms with E-state index in [2.05, 4.69) is 16.3 Å². The van der Waals surface area contributed by atoms with Crippen molar-refractivity contribution in [2.24, 2.45) is 10.2 Å². The van der Waals surface area contributed by atoms with Gasteiger partial charge in [-0.1, -0.05) is 24.8 Å². The first-order chi connectivity index (χ1) is 7.61. The second kappa shape index (κ2) is 5.65. The summed E-state index contributed by atoms with van der Waals surface area (Å²) in [6, 6.07) is 6.34. The Balaban J connectivity index is 0.00000144. The van der Waals surface area contributed by atoms with E-state index in [1.54, 1.807) is 7.05 Å². The third-order valence-corrected chi connectivity index (χ3v) is 2.37. The average molecular weight is 304 g/mol. The van der Waals surface area contributed by atoms with E-state index in [1.807, 2.05) is 19.9 Å². The molecule has 0 aliphatic carbocycles. The zero-order chi connectivity index (χ0) is 11.7. The molecule has 0 saturated heterocycles. The molecule has 0 bridgehead atoms. The van der Waals surface area contributed by atoms with Gasteiger partial charge in [-0.15, -0.1) is 11.6 Å². The van der Waals surface area contributed by atoms with Crippen LogP contribution in [0.5, 0.6) is 0 Å². The van der Waals surface area contributed by atoms with Crippen LogP contribution in [-0.2, 0) is 32.7 Å². The van der Waals surface area contributed by atoms with Crippen LogP contribution in [0.2, 0.25) is 0 Å². The van der Waals surface area contributed by atoms with Crippen LogP contribution < -0.4 is 5.63 Å². The van der Waals surface area contributed by atoms with Crippen molar-refractivity contribution >= 4 is 16.7 Å². The van der Waals surface area contributed by atoms with Crippen molar-refractivity contribution in [2.45, 2.75) is 13.8 Å². The summed E-state index contributed by atoms with van der Waals surface area (Å²) in [5.41, 5.74) is 2.49. The van der Waals surface area contributed by atoms with Crippen molar-refractivity contribution in [1.82, 2.24) is 0 Å². The quantitative estimate of drug-likeness (QED) is 0.462. The van der Waals surface area contributed by atoms with E-state index in [9.17, 15) is 4.79 Å². The summed E-state index contributed by atoms with van der Waals surface area (Å²) in [5, 5.41) is 8.50. The Morgan fingerprint density at radius 1 is 1.24 bits per heavy atom. The predicted octanol–water partition coefficient (Wildman–Crippen LogP) is 2.92. The molecule has 0 aliphatic heterocycles. The molecule has 0 spiro atoms. The van der Waals surface area contributed by atoms with Gasteiger partial charge in [0.25, 0.3) is 0 Å². The van der Waals surface area contributed by atoms with Crippen LogP contribution in [0.1, 0.15) is 11.1 Å². The van der Waals surface area contributed by atoms with Crippen molar-refractivity contribution in [2.75, 3.05) is 7.05 Å². The van der Waals surface area contributed by atoms with Crippen LogP contribution in [0.15, 0.2) is 31.6 Å². The molecule has 17 heavy (non-hydrogen) atoms. The molecule has 4 nitrogen and oxygen atoms in total. The first-order valence-corrected chi connectivity index (χ1v) is 4.89. The molecular weight excluding hydrogens is 293 g/mol. The van der Waals surface area contributed by atoms with Crippen molar-refractivity contribution in [3.63, 3.8) is 0 Å². The standard InChI is InChI=1S/C12H11N2O2.Y/c1-7-5-12(15)16-11-6-10(14-13-3)8(2)4-9(7)11;/h4-5H,1-3H3;/q-1;. The Morgan fingerprint density at radius 2 is 1.94 bits per heavy atom. The maximum absolute atomic E-state index is 11.2. The summed E-state index contributed by atoms with van der Waals surface area (Å²) in [5.74, 6) is 0. The number of fused-ring (bicyclic) bond motifs is 1. The summed E-state index contributed by atoms with van der Waals surface area (Å²) >= 11 is 0. The normalized spacial score (nSPS) is 10.8. The van der Waals surface area contributed by atoms with E-state index < -0.39 is 0 Å². The maximum Gasteiger partial charge on any atom is 0.333 e.